The van der Waals surface area contributed by atoms with Crippen molar-refractivity contribution >= 4 is 31.9 Å². The van der Waals surface area contributed by atoms with Crippen molar-refractivity contribution < 1.29 is 8.78 Å². The number of rotatable bonds is 2. The van der Waals surface area contributed by atoms with Crippen LogP contribution in [0.25, 0.3) is 0 Å². The van der Waals surface area contributed by atoms with Gasteiger partial charge in [-0.3, -0.25) is 0 Å². The lowest BCUT2D eigenvalue weighted by molar-refractivity contribution is 0.150. The second-order valence-corrected chi connectivity index (χ2v) is 3.72. The molecule has 0 fully saturated rings. The third-order valence-corrected chi connectivity index (χ3v) is 2.88. The number of hydrogen-bond acceptors (Lipinski definition) is 2. The van der Waals surface area contributed by atoms with Crippen molar-refractivity contribution in [1.82, 2.24) is 4.98 Å². The van der Waals surface area contributed by atoms with Crippen molar-refractivity contribution in [1.29, 1.82) is 5.26 Å². The Morgan fingerprint density at radius 2 is 2.21 bits per heavy atom. The lowest BCUT2D eigenvalue weighted by atomic mass is 10.1. The molecule has 0 unspecified atom stereocenters. The molecule has 0 aliphatic heterocycles. The number of alkyl halides is 3. The fourth-order valence-electron chi connectivity index (χ4n) is 0.965. The third kappa shape index (κ3) is 2.10. The molecule has 0 N–H and O–H groups in total. The van der Waals surface area contributed by atoms with Gasteiger partial charge in [-0.25, -0.2) is 13.8 Å². The van der Waals surface area contributed by atoms with Crippen LogP contribution in [0.3, 0.4) is 0 Å². The van der Waals surface area contributed by atoms with Gasteiger partial charge in [-0.05, 0) is 15.9 Å². The van der Waals surface area contributed by atoms with Crippen molar-refractivity contribution in [3.05, 3.63) is 27.5 Å². The van der Waals surface area contributed by atoms with E-state index in [1.807, 2.05) is 0 Å². The summed E-state index contributed by atoms with van der Waals surface area (Å²) in [7, 11) is 0. The van der Waals surface area contributed by atoms with E-state index in [-0.39, 0.29) is 11.1 Å². The molecule has 0 spiro atoms. The van der Waals surface area contributed by atoms with Gasteiger partial charge in [0.15, 0.2) is 0 Å². The standard InChI is InChI=1S/C8H4Br2F2N2/c9-1-4-5(2-13)6(8(11)12)3-14-7(4)10/h3,8H,1H2. The Bertz CT molecular complexity index is 388. The van der Waals surface area contributed by atoms with Crippen LogP contribution in [0.2, 0.25) is 0 Å². The summed E-state index contributed by atoms with van der Waals surface area (Å²) in [5.74, 6) is 0. The van der Waals surface area contributed by atoms with E-state index in [1.165, 1.54) is 0 Å². The summed E-state index contributed by atoms with van der Waals surface area (Å²) in [5, 5.41) is 9.06. The van der Waals surface area contributed by atoms with Crippen molar-refractivity contribution in [2.45, 2.75) is 11.8 Å². The van der Waals surface area contributed by atoms with Gasteiger partial charge in [-0.15, -0.1) is 0 Å². The molecule has 0 bridgehead atoms. The molecule has 0 aromatic carbocycles. The maximum Gasteiger partial charge on any atom is 0.266 e. The van der Waals surface area contributed by atoms with Crippen LogP contribution < -0.4 is 0 Å². The highest BCUT2D eigenvalue weighted by Gasteiger charge is 2.18. The maximum atomic E-state index is 12.4. The molecular formula is C8H4Br2F2N2. The van der Waals surface area contributed by atoms with E-state index in [0.29, 0.717) is 15.5 Å². The first-order chi connectivity index (χ1) is 6.61. The second kappa shape index (κ2) is 4.80. The van der Waals surface area contributed by atoms with Crippen molar-refractivity contribution in [3.8, 4) is 6.07 Å². The Morgan fingerprint density at radius 1 is 1.57 bits per heavy atom. The van der Waals surface area contributed by atoms with Gasteiger partial charge in [-0.1, -0.05) is 15.9 Å². The zero-order valence-electron chi connectivity index (χ0n) is 6.77. The molecule has 1 aromatic rings. The minimum Gasteiger partial charge on any atom is -0.248 e. The summed E-state index contributed by atoms with van der Waals surface area (Å²) in [6.45, 7) is 0. The maximum absolute atomic E-state index is 12.4. The number of halogens is 4. The van der Waals surface area contributed by atoms with Crippen molar-refractivity contribution in [2.24, 2.45) is 0 Å². The van der Waals surface area contributed by atoms with E-state index in [4.69, 9.17) is 5.26 Å². The predicted octanol–water partition coefficient (Wildman–Crippen LogP) is 3.55. The Balaban J connectivity index is 3.43. The van der Waals surface area contributed by atoms with Crippen LogP contribution in [-0.4, -0.2) is 4.98 Å². The summed E-state index contributed by atoms with van der Waals surface area (Å²) in [6.07, 6.45) is -1.66. The predicted molar refractivity (Wildman–Crippen MR) is 54.2 cm³/mol. The van der Waals surface area contributed by atoms with Crippen LogP contribution in [0.5, 0.6) is 0 Å². The van der Waals surface area contributed by atoms with Gasteiger partial charge in [0.1, 0.15) is 10.7 Å². The van der Waals surface area contributed by atoms with Gasteiger partial charge in [0.2, 0.25) is 0 Å². The second-order valence-electron chi connectivity index (χ2n) is 2.40. The highest BCUT2D eigenvalue weighted by atomic mass is 79.9. The van der Waals surface area contributed by atoms with Crippen LogP contribution >= 0.6 is 31.9 Å². The van der Waals surface area contributed by atoms with Crippen LogP contribution in [0.1, 0.15) is 23.1 Å². The van der Waals surface area contributed by atoms with Crippen molar-refractivity contribution in [2.75, 3.05) is 0 Å². The van der Waals surface area contributed by atoms with E-state index in [0.717, 1.165) is 6.20 Å². The molecule has 1 rings (SSSR count). The molecule has 0 atom stereocenters. The summed E-state index contributed by atoms with van der Waals surface area (Å²) >= 11 is 6.21. The minimum absolute atomic E-state index is 0.0150. The highest BCUT2D eigenvalue weighted by Crippen LogP contribution is 2.29. The number of pyridine rings is 1. The average Bonchev–Trinajstić information content (AvgIpc) is 2.16. The van der Waals surface area contributed by atoms with Gasteiger partial charge in [0, 0.05) is 17.1 Å². The SMILES string of the molecule is N#Cc1c(C(F)F)cnc(Br)c1CBr. The number of aromatic nitrogens is 1. The quantitative estimate of drug-likeness (QED) is 0.616. The summed E-state index contributed by atoms with van der Waals surface area (Å²) in [5.41, 5.74) is 0.106. The van der Waals surface area contributed by atoms with E-state index in [9.17, 15) is 8.78 Å². The molecule has 6 heteroatoms. The number of nitriles is 1. The summed E-state index contributed by atoms with van der Waals surface area (Å²) in [4.78, 5) is 3.74. The largest absolute Gasteiger partial charge is 0.266 e. The first-order valence-corrected chi connectivity index (χ1v) is 5.44. The molecule has 0 amide bonds. The summed E-state index contributed by atoms with van der Waals surface area (Å²) < 4.78 is 25.3. The molecular weight excluding hydrogens is 322 g/mol. The molecule has 0 aliphatic carbocycles. The fourth-order valence-corrected chi connectivity index (χ4v) is 2.33. The Hall–Kier alpha value is -0.540. The normalized spacial score (nSPS) is 10.3. The topological polar surface area (TPSA) is 36.7 Å². The van der Waals surface area contributed by atoms with E-state index in [2.05, 4.69) is 36.8 Å². The molecule has 1 aromatic heterocycles. The van der Waals surface area contributed by atoms with E-state index < -0.39 is 6.43 Å². The Kier molecular flexibility index (Phi) is 3.96. The van der Waals surface area contributed by atoms with Gasteiger partial charge in [0.05, 0.1) is 11.1 Å². The molecule has 74 valence electrons. The van der Waals surface area contributed by atoms with Crippen LogP contribution in [0.15, 0.2) is 10.8 Å². The van der Waals surface area contributed by atoms with Gasteiger partial charge in [-0.2, -0.15) is 5.26 Å². The van der Waals surface area contributed by atoms with E-state index >= 15 is 0 Å². The van der Waals surface area contributed by atoms with Crippen molar-refractivity contribution in [3.63, 3.8) is 0 Å². The average molecular weight is 326 g/mol. The summed E-state index contributed by atoms with van der Waals surface area (Å²) in [6, 6.07) is 1.76. The molecule has 14 heavy (non-hydrogen) atoms. The van der Waals surface area contributed by atoms with E-state index in [1.54, 1.807) is 6.07 Å². The highest BCUT2D eigenvalue weighted by molar-refractivity contribution is 9.10. The Labute approximate surface area is 96.2 Å². The molecule has 1 heterocycles. The number of hydrogen-bond donors (Lipinski definition) is 0. The van der Waals surface area contributed by atoms with Crippen LogP contribution in [0, 0.1) is 11.3 Å². The third-order valence-electron chi connectivity index (χ3n) is 1.64. The lowest BCUT2D eigenvalue weighted by Gasteiger charge is -2.07. The smallest absolute Gasteiger partial charge is 0.248 e. The Morgan fingerprint density at radius 3 is 2.64 bits per heavy atom. The molecule has 0 radical (unpaired) electrons. The van der Waals surface area contributed by atoms with Gasteiger partial charge >= 0.3 is 0 Å². The van der Waals surface area contributed by atoms with Crippen LogP contribution in [-0.2, 0) is 5.33 Å². The molecule has 2 nitrogen and oxygen atoms in total. The number of nitrogens with zero attached hydrogens (tertiary/aromatic N) is 2. The van der Waals surface area contributed by atoms with Gasteiger partial charge < -0.3 is 0 Å². The zero-order valence-corrected chi connectivity index (χ0v) is 9.94. The molecule has 0 saturated carbocycles. The molecule has 0 saturated heterocycles. The zero-order chi connectivity index (χ0) is 10.7. The first-order valence-electron chi connectivity index (χ1n) is 3.53. The monoisotopic (exact) mass is 324 g/mol. The van der Waals surface area contributed by atoms with Gasteiger partial charge in [0.25, 0.3) is 6.43 Å². The first kappa shape index (κ1) is 11.5. The minimum atomic E-state index is -2.68. The fraction of sp³-hybridized carbons (Fsp3) is 0.250. The molecule has 0 aliphatic rings. The van der Waals surface area contributed by atoms with Crippen LogP contribution in [0.4, 0.5) is 8.78 Å². The lowest BCUT2D eigenvalue weighted by Crippen LogP contribution is -1.99.